The van der Waals surface area contributed by atoms with E-state index in [4.69, 9.17) is 9.47 Å². The van der Waals surface area contributed by atoms with Gasteiger partial charge in [0.15, 0.2) is 0 Å². The van der Waals surface area contributed by atoms with Gasteiger partial charge in [-0.3, -0.25) is 4.79 Å². The van der Waals surface area contributed by atoms with Crippen molar-refractivity contribution in [3.63, 3.8) is 0 Å². The standard InChI is InChI=1S/C20H28N2O4/c1-20(2,3)26-19(24)15-12-16(21-8-10-25-11-9-21)14-17(13-15)22-7-5-4-6-18(22)23/h12-14H,4-11H2,1-3H3. The van der Waals surface area contributed by atoms with Crippen molar-refractivity contribution in [3.8, 4) is 0 Å². The number of rotatable bonds is 3. The summed E-state index contributed by atoms with van der Waals surface area (Å²) in [7, 11) is 0. The van der Waals surface area contributed by atoms with E-state index < -0.39 is 5.60 Å². The molecular weight excluding hydrogens is 332 g/mol. The van der Waals surface area contributed by atoms with Crippen LogP contribution in [-0.2, 0) is 14.3 Å². The molecule has 3 rings (SSSR count). The highest BCUT2D eigenvalue weighted by atomic mass is 16.6. The van der Waals surface area contributed by atoms with Gasteiger partial charge >= 0.3 is 5.97 Å². The fraction of sp³-hybridized carbons (Fsp3) is 0.600. The van der Waals surface area contributed by atoms with Gasteiger partial charge in [0.05, 0.1) is 18.8 Å². The second-order valence-electron chi connectivity index (χ2n) is 7.84. The van der Waals surface area contributed by atoms with E-state index in [1.807, 2.05) is 32.9 Å². The Hall–Kier alpha value is -2.08. The molecule has 0 spiro atoms. The van der Waals surface area contributed by atoms with Crippen LogP contribution >= 0.6 is 0 Å². The van der Waals surface area contributed by atoms with Gasteiger partial charge in [0.25, 0.3) is 0 Å². The molecule has 2 aliphatic rings. The van der Waals surface area contributed by atoms with E-state index in [1.165, 1.54) is 0 Å². The van der Waals surface area contributed by atoms with Gasteiger partial charge in [0, 0.05) is 37.4 Å². The number of nitrogens with zero attached hydrogens (tertiary/aromatic N) is 2. The number of hydrogen-bond donors (Lipinski definition) is 0. The topological polar surface area (TPSA) is 59.1 Å². The summed E-state index contributed by atoms with van der Waals surface area (Å²) in [6.45, 7) is 9.11. The molecule has 1 amide bonds. The quantitative estimate of drug-likeness (QED) is 0.776. The van der Waals surface area contributed by atoms with E-state index in [9.17, 15) is 9.59 Å². The molecule has 0 radical (unpaired) electrons. The van der Waals surface area contributed by atoms with Crippen molar-refractivity contribution < 1.29 is 19.1 Å². The van der Waals surface area contributed by atoms with Gasteiger partial charge in [-0.2, -0.15) is 0 Å². The Bertz CT molecular complexity index is 675. The van der Waals surface area contributed by atoms with E-state index >= 15 is 0 Å². The lowest BCUT2D eigenvalue weighted by Gasteiger charge is -2.32. The normalized spacial score (nSPS) is 18.8. The number of ether oxygens (including phenoxy) is 2. The summed E-state index contributed by atoms with van der Waals surface area (Å²) in [5, 5.41) is 0. The largest absolute Gasteiger partial charge is 0.456 e. The zero-order valence-electron chi connectivity index (χ0n) is 15.9. The molecule has 0 aliphatic carbocycles. The van der Waals surface area contributed by atoms with Crippen LogP contribution < -0.4 is 9.80 Å². The number of carbonyl (C=O) groups excluding carboxylic acids is 2. The Morgan fingerprint density at radius 2 is 1.73 bits per heavy atom. The van der Waals surface area contributed by atoms with Crippen molar-refractivity contribution in [1.29, 1.82) is 0 Å². The lowest BCUT2D eigenvalue weighted by atomic mass is 10.1. The van der Waals surface area contributed by atoms with Crippen molar-refractivity contribution >= 4 is 23.3 Å². The predicted molar refractivity (Wildman–Crippen MR) is 101 cm³/mol. The van der Waals surface area contributed by atoms with Crippen LogP contribution in [0.5, 0.6) is 0 Å². The van der Waals surface area contributed by atoms with Crippen molar-refractivity contribution in [2.24, 2.45) is 0 Å². The number of piperidine rings is 1. The highest BCUT2D eigenvalue weighted by Crippen LogP contribution is 2.29. The molecule has 2 aliphatic heterocycles. The Morgan fingerprint density at radius 3 is 2.38 bits per heavy atom. The van der Waals surface area contributed by atoms with Gasteiger partial charge in [0.1, 0.15) is 5.60 Å². The van der Waals surface area contributed by atoms with E-state index in [0.717, 1.165) is 37.3 Å². The summed E-state index contributed by atoms with van der Waals surface area (Å²) in [5.74, 6) is -0.246. The van der Waals surface area contributed by atoms with Crippen LogP contribution in [0.25, 0.3) is 0 Å². The molecule has 2 fully saturated rings. The molecule has 142 valence electrons. The van der Waals surface area contributed by atoms with Gasteiger partial charge in [-0.05, 0) is 51.8 Å². The number of benzene rings is 1. The lowest BCUT2D eigenvalue weighted by molar-refractivity contribution is -0.119. The highest BCUT2D eigenvalue weighted by Gasteiger charge is 2.25. The molecule has 0 N–H and O–H groups in total. The number of morpholine rings is 1. The molecule has 0 aromatic heterocycles. The SMILES string of the molecule is CC(C)(C)OC(=O)c1cc(N2CCOCC2)cc(N2CCCCC2=O)c1. The predicted octanol–water partition coefficient (Wildman–Crippen LogP) is 3.00. The molecule has 1 aromatic carbocycles. The fourth-order valence-corrected chi connectivity index (χ4v) is 3.29. The van der Waals surface area contributed by atoms with Gasteiger partial charge < -0.3 is 19.3 Å². The van der Waals surface area contributed by atoms with Crippen molar-refractivity contribution in [1.82, 2.24) is 0 Å². The minimum atomic E-state index is -0.562. The molecule has 1 aromatic rings. The van der Waals surface area contributed by atoms with Crippen molar-refractivity contribution in [2.75, 3.05) is 42.6 Å². The van der Waals surface area contributed by atoms with E-state index in [0.29, 0.717) is 31.7 Å². The maximum Gasteiger partial charge on any atom is 0.338 e. The first-order valence-corrected chi connectivity index (χ1v) is 9.35. The van der Waals surface area contributed by atoms with Gasteiger partial charge in [-0.1, -0.05) is 0 Å². The van der Waals surface area contributed by atoms with Crippen LogP contribution in [0.3, 0.4) is 0 Å². The summed E-state index contributed by atoms with van der Waals surface area (Å²) < 4.78 is 11.0. The van der Waals surface area contributed by atoms with Crippen LogP contribution in [0.1, 0.15) is 50.4 Å². The zero-order chi connectivity index (χ0) is 18.7. The van der Waals surface area contributed by atoms with E-state index in [1.54, 1.807) is 11.0 Å². The Labute approximate surface area is 155 Å². The fourth-order valence-electron chi connectivity index (χ4n) is 3.29. The Kier molecular flexibility index (Phi) is 5.51. The number of carbonyl (C=O) groups is 2. The maximum atomic E-state index is 12.6. The summed E-state index contributed by atoms with van der Waals surface area (Å²) in [5.41, 5.74) is 1.63. The second kappa shape index (κ2) is 7.66. The summed E-state index contributed by atoms with van der Waals surface area (Å²) in [6.07, 6.45) is 2.47. The third kappa shape index (κ3) is 4.55. The van der Waals surface area contributed by atoms with E-state index in [-0.39, 0.29) is 11.9 Å². The minimum absolute atomic E-state index is 0.116. The number of amides is 1. The minimum Gasteiger partial charge on any atom is -0.456 e. The van der Waals surface area contributed by atoms with Crippen molar-refractivity contribution in [2.45, 2.75) is 45.6 Å². The van der Waals surface area contributed by atoms with Crippen LogP contribution in [-0.4, -0.2) is 50.3 Å². The molecule has 0 unspecified atom stereocenters. The third-order valence-electron chi connectivity index (χ3n) is 4.55. The Morgan fingerprint density at radius 1 is 1.04 bits per heavy atom. The first kappa shape index (κ1) is 18.7. The number of esters is 1. The average molecular weight is 360 g/mol. The molecule has 26 heavy (non-hydrogen) atoms. The third-order valence-corrected chi connectivity index (χ3v) is 4.55. The van der Waals surface area contributed by atoms with Crippen LogP contribution in [0, 0.1) is 0 Å². The second-order valence-corrected chi connectivity index (χ2v) is 7.84. The first-order valence-electron chi connectivity index (χ1n) is 9.35. The smallest absolute Gasteiger partial charge is 0.338 e. The van der Waals surface area contributed by atoms with Gasteiger partial charge in [0.2, 0.25) is 5.91 Å². The summed E-state index contributed by atoms with van der Waals surface area (Å²) >= 11 is 0. The van der Waals surface area contributed by atoms with Crippen LogP contribution in [0.15, 0.2) is 18.2 Å². The van der Waals surface area contributed by atoms with E-state index in [2.05, 4.69) is 4.90 Å². The zero-order valence-corrected chi connectivity index (χ0v) is 15.9. The summed E-state index contributed by atoms with van der Waals surface area (Å²) in [4.78, 5) is 29.0. The van der Waals surface area contributed by atoms with Crippen molar-refractivity contribution in [3.05, 3.63) is 23.8 Å². The molecule has 0 bridgehead atoms. The molecular formula is C20H28N2O4. The summed E-state index contributed by atoms with van der Waals surface area (Å²) in [6, 6.07) is 5.64. The lowest BCUT2D eigenvalue weighted by Crippen LogP contribution is -2.38. The molecule has 0 atom stereocenters. The van der Waals surface area contributed by atoms with Crippen LogP contribution in [0.4, 0.5) is 11.4 Å². The number of anilines is 2. The van der Waals surface area contributed by atoms with Gasteiger partial charge in [-0.25, -0.2) is 4.79 Å². The van der Waals surface area contributed by atoms with Gasteiger partial charge in [-0.15, -0.1) is 0 Å². The molecule has 6 nitrogen and oxygen atoms in total. The van der Waals surface area contributed by atoms with Crippen LogP contribution in [0.2, 0.25) is 0 Å². The molecule has 6 heteroatoms. The molecule has 2 heterocycles. The number of hydrogen-bond acceptors (Lipinski definition) is 5. The maximum absolute atomic E-state index is 12.6. The highest BCUT2D eigenvalue weighted by molar-refractivity contribution is 5.98. The first-order chi connectivity index (χ1) is 12.3. The molecule has 2 saturated heterocycles. The monoisotopic (exact) mass is 360 g/mol. The average Bonchev–Trinajstić information content (AvgIpc) is 2.61. The molecule has 0 saturated carbocycles. The Balaban J connectivity index is 1.95.